The van der Waals surface area contributed by atoms with Crippen molar-refractivity contribution in [1.82, 2.24) is 5.32 Å². The molecule has 1 heterocycles. The first-order chi connectivity index (χ1) is 5.93. The lowest BCUT2D eigenvalue weighted by atomic mass is 10.1. The van der Waals surface area contributed by atoms with Crippen LogP contribution in [-0.4, -0.2) is 25.8 Å². The molecular weight excluding hydrogens is 174 g/mol. The summed E-state index contributed by atoms with van der Waals surface area (Å²) in [6, 6.07) is 0.558. The fraction of sp³-hybridized carbons (Fsp3) is 0.778. The van der Waals surface area contributed by atoms with Crippen LogP contribution in [0.25, 0.3) is 0 Å². The highest BCUT2D eigenvalue weighted by Gasteiger charge is 2.11. The zero-order valence-corrected chi connectivity index (χ0v) is 8.02. The van der Waals surface area contributed by atoms with E-state index in [1.807, 2.05) is 6.08 Å². The Morgan fingerprint density at radius 2 is 2.42 bits per heavy atom. The average Bonchev–Trinajstić information content (AvgIpc) is 2.14. The van der Waals surface area contributed by atoms with Gasteiger partial charge < -0.3 is 10.1 Å². The summed E-state index contributed by atoms with van der Waals surface area (Å²) in [5.74, 6) is 0. The quantitative estimate of drug-likeness (QED) is 0.683. The van der Waals surface area contributed by atoms with Gasteiger partial charge in [0, 0.05) is 11.6 Å². The van der Waals surface area contributed by atoms with Gasteiger partial charge in [0.1, 0.15) is 0 Å². The zero-order chi connectivity index (χ0) is 8.65. The Morgan fingerprint density at radius 3 is 3.08 bits per heavy atom. The van der Waals surface area contributed by atoms with Gasteiger partial charge in [-0.3, -0.25) is 0 Å². The van der Waals surface area contributed by atoms with Gasteiger partial charge in [-0.1, -0.05) is 18.0 Å². The van der Waals surface area contributed by atoms with E-state index in [0.717, 1.165) is 13.2 Å². The van der Waals surface area contributed by atoms with Gasteiger partial charge in [0.05, 0.1) is 13.2 Å². The Hall–Kier alpha value is -0.0500. The van der Waals surface area contributed by atoms with Gasteiger partial charge in [-0.05, 0) is 25.5 Å². The normalized spacial score (nSPS) is 24.9. The van der Waals surface area contributed by atoms with E-state index in [4.69, 9.17) is 16.3 Å². The smallest absolute Gasteiger partial charge is 0.0659 e. The van der Waals surface area contributed by atoms with Crippen molar-refractivity contribution in [2.75, 3.05) is 19.8 Å². The molecule has 0 spiro atoms. The van der Waals surface area contributed by atoms with Crippen LogP contribution in [0.15, 0.2) is 11.6 Å². The highest BCUT2D eigenvalue weighted by molar-refractivity contribution is 6.25. The number of nitrogens with one attached hydrogen (secondary N) is 1. The largest absolute Gasteiger partial charge is 0.376 e. The van der Waals surface area contributed by atoms with E-state index in [9.17, 15) is 0 Å². The van der Waals surface area contributed by atoms with E-state index in [1.54, 1.807) is 0 Å². The van der Waals surface area contributed by atoms with E-state index >= 15 is 0 Å². The molecule has 1 fully saturated rings. The maximum atomic E-state index is 5.38. The molecule has 0 aliphatic carbocycles. The molecule has 1 atom stereocenters. The van der Waals surface area contributed by atoms with Gasteiger partial charge in [0.2, 0.25) is 0 Å². The Morgan fingerprint density at radius 1 is 1.50 bits per heavy atom. The molecule has 1 aliphatic rings. The van der Waals surface area contributed by atoms with Crippen LogP contribution >= 0.6 is 11.6 Å². The standard InChI is InChI=1S/C9H16ClNO/c10-5-3-7-12-8-9-4-1-2-6-11-9/h3,5,9,11H,1-2,4,6-8H2. The molecule has 0 aromatic heterocycles. The van der Waals surface area contributed by atoms with Crippen molar-refractivity contribution in [3.8, 4) is 0 Å². The summed E-state index contributed by atoms with van der Waals surface area (Å²) in [5.41, 5.74) is 1.49. The van der Waals surface area contributed by atoms with Crippen LogP contribution in [0, 0.1) is 0 Å². The number of piperidine rings is 1. The van der Waals surface area contributed by atoms with Crippen molar-refractivity contribution in [1.29, 1.82) is 0 Å². The lowest BCUT2D eigenvalue weighted by Gasteiger charge is -2.22. The molecule has 70 valence electrons. The van der Waals surface area contributed by atoms with Crippen LogP contribution in [0.2, 0.25) is 0 Å². The second kappa shape index (κ2) is 6.46. The summed E-state index contributed by atoms with van der Waals surface area (Å²) in [5, 5.41) is 3.41. The van der Waals surface area contributed by atoms with Crippen LogP contribution in [-0.2, 0) is 4.74 Å². The molecule has 1 rings (SSSR count). The second-order valence-corrected chi connectivity index (χ2v) is 3.30. The van der Waals surface area contributed by atoms with Crippen LogP contribution in [0.1, 0.15) is 19.3 Å². The Balaban J connectivity index is 1.97. The minimum Gasteiger partial charge on any atom is -0.376 e. The predicted octanol–water partition coefficient (Wildman–Crippen LogP) is 1.90. The lowest BCUT2D eigenvalue weighted by Crippen LogP contribution is -2.37. The Bertz CT molecular complexity index is 132. The molecule has 12 heavy (non-hydrogen) atoms. The summed E-state index contributed by atoms with van der Waals surface area (Å²) in [4.78, 5) is 0. The molecule has 2 nitrogen and oxygen atoms in total. The minimum absolute atomic E-state index is 0.558. The van der Waals surface area contributed by atoms with Gasteiger partial charge in [-0.2, -0.15) is 0 Å². The summed E-state index contributed by atoms with van der Waals surface area (Å²) in [6.07, 6.45) is 5.68. The van der Waals surface area contributed by atoms with Crippen LogP contribution in [0.5, 0.6) is 0 Å². The summed E-state index contributed by atoms with van der Waals surface area (Å²) in [6.45, 7) is 2.57. The second-order valence-electron chi connectivity index (χ2n) is 3.05. The maximum Gasteiger partial charge on any atom is 0.0659 e. The Labute approximate surface area is 78.9 Å². The molecule has 3 heteroatoms. The zero-order valence-electron chi connectivity index (χ0n) is 7.26. The lowest BCUT2D eigenvalue weighted by molar-refractivity contribution is 0.126. The number of halogens is 1. The van der Waals surface area contributed by atoms with Crippen molar-refractivity contribution in [2.24, 2.45) is 0 Å². The first-order valence-corrected chi connectivity index (χ1v) is 4.93. The Kier molecular flexibility index (Phi) is 5.41. The molecule has 0 saturated carbocycles. The van der Waals surface area contributed by atoms with Crippen molar-refractivity contribution in [3.05, 3.63) is 11.6 Å². The van der Waals surface area contributed by atoms with Crippen molar-refractivity contribution in [2.45, 2.75) is 25.3 Å². The first kappa shape index (κ1) is 10.0. The summed E-state index contributed by atoms with van der Waals surface area (Å²) >= 11 is 5.35. The van der Waals surface area contributed by atoms with Crippen LogP contribution in [0.4, 0.5) is 0 Å². The van der Waals surface area contributed by atoms with Gasteiger partial charge >= 0.3 is 0 Å². The molecule has 0 radical (unpaired) electrons. The summed E-state index contributed by atoms with van der Waals surface area (Å²) < 4.78 is 5.38. The topological polar surface area (TPSA) is 21.3 Å². The van der Waals surface area contributed by atoms with E-state index in [0.29, 0.717) is 12.6 Å². The number of rotatable bonds is 4. The molecule has 1 unspecified atom stereocenters. The SMILES string of the molecule is ClC=CCOCC1CCCCN1. The molecule has 0 bridgehead atoms. The van der Waals surface area contributed by atoms with Crippen molar-refractivity contribution in [3.63, 3.8) is 0 Å². The van der Waals surface area contributed by atoms with Crippen LogP contribution in [0.3, 0.4) is 0 Å². The van der Waals surface area contributed by atoms with E-state index < -0.39 is 0 Å². The van der Waals surface area contributed by atoms with Gasteiger partial charge in [0.15, 0.2) is 0 Å². The molecule has 0 amide bonds. The van der Waals surface area contributed by atoms with Crippen molar-refractivity contribution < 1.29 is 4.74 Å². The van der Waals surface area contributed by atoms with Crippen LogP contribution < -0.4 is 5.32 Å². The van der Waals surface area contributed by atoms with E-state index in [-0.39, 0.29) is 0 Å². The van der Waals surface area contributed by atoms with Gasteiger partial charge in [-0.15, -0.1) is 0 Å². The number of hydrogen-bond acceptors (Lipinski definition) is 2. The molecule has 0 aromatic rings. The third-order valence-corrected chi connectivity index (χ3v) is 2.21. The van der Waals surface area contributed by atoms with E-state index in [1.165, 1.54) is 24.8 Å². The van der Waals surface area contributed by atoms with Crippen molar-refractivity contribution >= 4 is 11.6 Å². The highest BCUT2D eigenvalue weighted by atomic mass is 35.5. The maximum absolute atomic E-state index is 5.38. The number of ether oxygens (including phenoxy) is 1. The molecular formula is C9H16ClNO. The first-order valence-electron chi connectivity index (χ1n) is 4.50. The molecule has 1 aliphatic heterocycles. The third-order valence-electron chi connectivity index (χ3n) is 2.03. The fourth-order valence-corrected chi connectivity index (χ4v) is 1.45. The third kappa shape index (κ3) is 4.10. The minimum atomic E-state index is 0.558. The van der Waals surface area contributed by atoms with E-state index in [2.05, 4.69) is 5.32 Å². The summed E-state index contributed by atoms with van der Waals surface area (Å²) in [7, 11) is 0. The fourth-order valence-electron chi connectivity index (χ4n) is 1.38. The predicted molar refractivity (Wildman–Crippen MR) is 51.5 cm³/mol. The van der Waals surface area contributed by atoms with Gasteiger partial charge in [0.25, 0.3) is 0 Å². The molecule has 1 saturated heterocycles. The monoisotopic (exact) mass is 189 g/mol. The molecule has 1 N–H and O–H groups in total. The average molecular weight is 190 g/mol. The molecule has 0 aromatic carbocycles. The number of hydrogen-bond donors (Lipinski definition) is 1. The highest BCUT2D eigenvalue weighted by Crippen LogP contribution is 2.06. The van der Waals surface area contributed by atoms with Gasteiger partial charge in [-0.25, -0.2) is 0 Å².